The number of rotatable bonds is 57. The van der Waals surface area contributed by atoms with E-state index in [1.807, 2.05) is 0 Å². The van der Waals surface area contributed by atoms with Gasteiger partial charge in [-0.25, -0.2) is 4.79 Å². The number of nitrogens with one attached hydrogen (secondary N) is 15. The van der Waals surface area contributed by atoms with Gasteiger partial charge in [-0.05, 0) is 130 Å². The van der Waals surface area contributed by atoms with Gasteiger partial charge in [0.15, 0.2) is 0 Å². The van der Waals surface area contributed by atoms with Crippen LogP contribution in [-0.2, 0) is 101 Å². The van der Waals surface area contributed by atoms with Crippen LogP contribution in [0.25, 0.3) is 0 Å². The summed E-state index contributed by atoms with van der Waals surface area (Å²) >= 11 is 3.85. The molecule has 1 fully saturated rings. The topological polar surface area (TPSA) is 756 Å². The molecule has 1 heterocycles. The molecule has 16 amide bonds. The molecule has 0 aliphatic carbocycles. The van der Waals surface area contributed by atoms with Crippen LogP contribution in [0.1, 0.15) is 179 Å². The molecule has 0 saturated carbocycles. The van der Waals surface area contributed by atoms with E-state index in [1.54, 1.807) is 27.7 Å². The minimum atomic E-state index is -2.01. The number of nitrogens with two attached hydrogens (primary N) is 2. The average molecular weight is 1760 g/mol. The van der Waals surface area contributed by atoms with E-state index in [2.05, 4.69) is 92.4 Å². The van der Waals surface area contributed by atoms with Crippen molar-refractivity contribution >= 4 is 137 Å². The summed E-state index contributed by atoms with van der Waals surface area (Å²) in [6, 6.07) is -26.2. The summed E-state index contributed by atoms with van der Waals surface area (Å²) in [7, 11) is 0. The second kappa shape index (κ2) is 54.4. The van der Waals surface area contributed by atoms with E-state index in [0.717, 1.165) is 25.7 Å². The minimum absolute atomic E-state index is 0.00628. The zero-order valence-corrected chi connectivity index (χ0v) is 71.2. The number of aliphatic hydroxyl groups excluding tert-OH is 3. The Labute approximate surface area is 709 Å². The average Bonchev–Trinajstić information content (AvgIpc) is 1.71. The number of hydrogen-bond donors (Lipinski definition) is 26. The van der Waals surface area contributed by atoms with Crippen molar-refractivity contribution in [3.63, 3.8) is 0 Å². The molecular weight excluding hydrogens is 1640 g/mol. The van der Waals surface area contributed by atoms with Crippen molar-refractivity contribution in [3.05, 3.63) is 0 Å². The number of unbranched alkanes of at least 4 members (excludes halogenated alkanes) is 1. The first-order valence-electron chi connectivity index (χ1n) is 39.9. The number of amides is 16. The Hall–Kier alpha value is -11.0. The molecular formula is C74H124N18O29S. The van der Waals surface area contributed by atoms with E-state index < -0.39 is 321 Å². The van der Waals surface area contributed by atoms with Crippen LogP contribution in [0.3, 0.4) is 0 Å². The Morgan fingerprint density at radius 2 is 0.697 bits per heavy atom. The fraction of sp³-hybridized carbons (Fsp3) is 0.716. The van der Waals surface area contributed by atoms with Gasteiger partial charge in [0, 0.05) is 38.0 Å². The highest BCUT2D eigenvalue weighted by atomic mass is 32.1. The number of carbonyl (C=O) groups is 21. The number of carboxylic acid groups (broad SMARTS) is 5. The molecule has 47 nitrogen and oxygen atoms in total. The van der Waals surface area contributed by atoms with Gasteiger partial charge < -0.3 is 137 Å². The van der Waals surface area contributed by atoms with Gasteiger partial charge in [-0.3, -0.25) is 95.9 Å². The lowest BCUT2D eigenvalue weighted by Crippen LogP contribution is -2.63. The highest BCUT2D eigenvalue weighted by molar-refractivity contribution is 7.80. The third-order valence-corrected chi connectivity index (χ3v) is 19.7. The van der Waals surface area contributed by atoms with E-state index in [9.17, 15) is 142 Å². The van der Waals surface area contributed by atoms with Crippen molar-refractivity contribution in [2.45, 2.75) is 294 Å². The summed E-state index contributed by atoms with van der Waals surface area (Å²) in [6.45, 7) is 15.9. The monoisotopic (exact) mass is 1760 g/mol. The van der Waals surface area contributed by atoms with Crippen LogP contribution in [0, 0.1) is 17.8 Å². The summed E-state index contributed by atoms with van der Waals surface area (Å²) in [5.41, 5.74) is 11.0. The van der Waals surface area contributed by atoms with Crippen LogP contribution in [0.2, 0.25) is 0 Å². The van der Waals surface area contributed by atoms with Crippen LogP contribution in [0.5, 0.6) is 0 Å². The summed E-state index contributed by atoms with van der Waals surface area (Å²) in [5.74, 6) is -26.9. The molecule has 0 aromatic rings. The van der Waals surface area contributed by atoms with Crippen molar-refractivity contribution in [1.82, 2.24) is 84.7 Å². The summed E-state index contributed by atoms with van der Waals surface area (Å²) in [6.07, 6.45) is -9.93. The third-order valence-electron chi connectivity index (χ3n) is 19.3. The lowest BCUT2D eigenvalue weighted by Gasteiger charge is -2.34. The minimum Gasteiger partial charge on any atom is -0.481 e. The number of nitrogens with zero attached hydrogens (tertiary/aromatic N) is 1. The fourth-order valence-electron chi connectivity index (χ4n) is 12.0. The molecule has 0 aromatic heterocycles. The van der Waals surface area contributed by atoms with Crippen molar-refractivity contribution in [2.24, 2.45) is 29.2 Å². The Kier molecular flexibility index (Phi) is 48.6. The van der Waals surface area contributed by atoms with Gasteiger partial charge in [-0.1, -0.05) is 48.0 Å². The van der Waals surface area contributed by atoms with Crippen LogP contribution in [0.15, 0.2) is 0 Å². The first-order valence-corrected chi connectivity index (χ1v) is 40.5. The molecule has 1 rings (SSSR count). The maximum Gasteiger partial charge on any atom is 0.327 e. The van der Waals surface area contributed by atoms with E-state index in [0.29, 0.717) is 12.8 Å². The lowest BCUT2D eigenvalue weighted by atomic mass is 9.95. The quantitative estimate of drug-likeness (QED) is 0.0199. The zero-order valence-electron chi connectivity index (χ0n) is 70.3. The van der Waals surface area contributed by atoms with Crippen molar-refractivity contribution in [1.29, 1.82) is 0 Å². The second-order valence-corrected chi connectivity index (χ2v) is 30.9. The van der Waals surface area contributed by atoms with Crippen molar-refractivity contribution in [2.75, 3.05) is 25.4 Å². The van der Waals surface area contributed by atoms with Gasteiger partial charge in [-0.15, -0.1) is 0 Å². The molecule has 0 spiro atoms. The Bertz CT molecular complexity index is 3670. The van der Waals surface area contributed by atoms with Crippen LogP contribution in [0.4, 0.5) is 0 Å². The number of carbonyl (C=O) groups excluding carboxylic acids is 16. The number of aliphatic hydroxyl groups is 3. The van der Waals surface area contributed by atoms with Crippen LogP contribution < -0.4 is 91.2 Å². The predicted molar refractivity (Wildman–Crippen MR) is 430 cm³/mol. The molecule has 0 aromatic carbocycles. The third kappa shape index (κ3) is 38.4. The maximum atomic E-state index is 14.9. The number of likely N-dealkylation sites (tertiary alicyclic amines) is 1. The van der Waals surface area contributed by atoms with Gasteiger partial charge in [0.2, 0.25) is 94.5 Å². The maximum absolute atomic E-state index is 14.9. The van der Waals surface area contributed by atoms with E-state index >= 15 is 0 Å². The summed E-state index contributed by atoms with van der Waals surface area (Å²) in [4.78, 5) is 280. The van der Waals surface area contributed by atoms with E-state index in [-0.39, 0.29) is 45.2 Å². The first kappa shape index (κ1) is 109. The Balaban J connectivity index is 3.51. The molecule has 20 atom stereocenters. The number of hydrogen-bond acceptors (Lipinski definition) is 27. The van der Waals surface area contributed by atoms with Crippen molar-refractivity contribution in [3.8, 4) is 0 Å². The van der Waals surface area contributed by atoms with E-state index in [4.69, 9.17) is 11.5 Å². The smallest absolute Gasteiger partial charge is 0.327 e. The molecule has 122 heavy (non-hydrogen) atoms. The molecule has 27 N–H and O–H groups in total. The standard InChI is InChI=1S/C74H124N18O29S/c1-13-34(6)55(89-69(115)54(33(4)5)88-66(112)45(22-26-53(103)104)84-71(117)57(39(11)94)90-61(107)37(9)77-59(105)35(7)78-62(108)41(17-14-15-27-75)82-70(116)56(38(10)93)87-49(96)30-76)73(119)92-28-16-18-48(92)68(114)85-46(29-32(2)3)67(113)91-58(40(12)95)72(118)83-44(21-25-52(101)102)64(110)81-42(19-23-50(97)98)63(109)79-36(8)60(106)80-43(20-24-51(99)100)65(111)86-47(31-122)74(120)121/h32-48,54-58,93-95,122H,13-31,75-76H2,1-12H3,(H,77,105)(H,78,108)(H,79,109)(H,80,106)(H,81,110)(H,82,116)(H,83,118)(H,84,117)(H,85,114)(H,86,111)(H,87,96)(H,88,112)(H,89,115)(H,90,107)(H,91,113)(H,97,98)(H,99,100)(H,101,102)(H,103,104)(H,120,121)/t34-,35-,36-,37-,38+,39+,40+,41-,42-,43-,44-,45-,46-,47-,48-,54-,55-,56-,57-,58-/m0/s1. The highest BCUT2D eigenvalue weighted by Gasteiger charge is 2.44. The van der Waals surface area contributed by atoms with Crippen LogP contribution in [-0.4, -0.2) is 310 Å². The molecule has 0 bridgehead atoms. The molecule has 1 saturated heterocycles. The number of thiol groups is 1. The predicted octanol–water partition coefficient (Wildman–Crippen LogP) is -8.24. The molecule has 1 aliphatic heterocycles. The largest absolute Gasteiger partial charge is 0.481 e. The normalized spacial score (nSPS) is 17.1. The molecule has 1 aliphatic rings. The molecule has 0 unspecified atom stereocenters. The lowest BCUT2D eigenvalue weighted by molar-refractivity contribution is -0.144. The Morgan fingerprint density at radius 1 is 0.377 bits per heavy atom. The summed E-state index contributed by atoms with van der Waals surface area (Å²) in [5, 5.41) is 114. The fourth-order valence-corrected chi connectivity index (χ4v) is 12.3. The first-order chi connectivity index (χ1) is 56.9. The summed E-state index contributed by atoms with van der Waals surface area (Å²) < 4.78 is 0. The number of aliphatic carboxylic acids is 5. The number of carboxylic acids is 5. The van der Waals surface area contributed by atoms with Crippen molar-refractivity contribution < 1.29 is 142 Å². The second-order valence-electron chi connectivity index (χ2n) is 30.5. The van der Waals surface area contributed by atoms with Gasteiger partial charge in [-0.2, -0.15) is 12.6 Å². The molecule has 690 valence electrons. The van der Waals surface area contributed by atoms with Gasteiger partial charge >= 0.3 is 29.8 Å². The van der Waals surface area contributed by atoms with Crippen LogP contribution >= 0.6 is 12.6 Å². The SMILES string of the molecule is CC[C@H](C)[C@H](NC(=O)[C@@H](NC(=O)[C@H](CCC(=O)O)NC(=O)[C@@H](NC(=O)[C@H](C)NC(=O)[C@H](C)NC(=O)[C@H](CCCCN)NC(=O)[C@@H](NC(=O)CN)[C@@H](C)O)[C@@H](C)O)C(C)C)C(=O)N1CCC[C@H]1C(=O)N[C@@H](CC(C)C)C(=O)N[C@H](C(=O)N[C@@H](CCC(=O)O)C(=O)N[C@@H](CCC(=O)O)C(=O)N[C@@H](C)C(=O)N[C@@H](CCC(=O)O)C(=O)N[C@@H](CS)C(=O)O)[C@@H](C)O. The van der Waals surface area contributed by atoms with Gasteiger partial charge in [0.1, 0.15) is 96.7 Å². The molecule has 0 radical (unpaired) electrons. The van der Waals surface area contributed by atoms with Gasteiger partial charge in [0.05, 0.1) is 24.9 Å². The van der Waals surface area contributed by atoms with E-state index in [1.165, 1.54) is 34.6 Å². The Morgan fingerprint density at radius 3 is 1.07 bits per heavy atom. The highest BCUT2D eigenvalue weighted by Crippen LogP contribution is 2.23. The molecule has 48 heteroatoms. The zero-order chi connectivity index (χ0) is 93.4. The van der Waals surface area contributed by atoms with Gasteiger partial charge in [0.25, 0.3) is 0 Å².